The number of rotatable bonds is 11. The van der Waals surface area contributed by atoms with E-state index in [1.807, 2.05) is 21.0 Å². The van der Waals surface area contributed by atoms with Crippen LogP contribution in [0.3, 0.4) is 0 Å². The molecule has 0 N–H and O–H groups in total. The Kier molecular flexibility index (Phi) is 10.9. The molecule has 0 radical (unpaired) electrons. The summed E-state index contributed by atoms with van der Waals surface area (Å²) in [7, 11) is 6.24. The van der Waals surface area contributed by atoms with Crippen LogP contribution in [-0.4, -0.2) is 132 Å². The Morgan fingerprint density at radius 3 is 2.76 bits per heavy atom. The first kappa shape index (κ1) is 34.1. The minimum absolute atomic E-state index is 0.0914. The highest BCUT2D eigenvalue weighted by molar-refractivity contribution is 5.87. The van der Waals surface area contributed by atoms with Gasteiger partial charge in [0.05, 0.1) is 35.5 Å². The number of anilines is 1. The lowest BCUT2D eigenvalue weighted by Crippen LogP contribution is -2.74. The molecule has 12 nitrogen and oxygen atoms in total. The third kappa shape index (κ3) is 7.03. The van der Waals surface area contributed by atoms with Crippen LogP contribution in [0.5, 0.6) is 6.01 Å². The van der Waals surface area contributed by atoms with Crippen molar-refractivity contribution < 1.29 is 14.3 Å². The van der Waals surface area contributed by atoms with E-state index in [-0.39, 0.29) is 36.2 Å². The van der Waals surface area contributed by atoms with Crippen LogP contribution < -0.4 is 9.64 Å². The van der Waals surface area contributed by atoms with Crippen LogP contribution in [0.1, 0.15) is 64.1 Å². The molecule has 12 heteroatoms. The molecular formula is C34H53N9O3. The highest BCUT2D eigenvalue weighted by atomic mass is 16.5. The number of hydrogen-bond donors (Lipinski definition) is 0. The Morgan fingerprint density at radius 2 is 2.09 bits per heavy atom. The lowest BCUT2D eigenvalue weighted by molar-refractivity contribution is -0.247. The number of hydrazine groups is 1. The van der Waals surface area contributed by atoms with Gasteiger partial charge in [-0.2, -0.15) is 15.2 Å². The standard InChI is InChI=1S/C34H53N9O3/c1-8-12-29-34(4,39(7)43(29)31-13-10-11-20-45-31)24-40-17-15-27-28(23-40)36-33(46-25(3)21-38(5)6)37-32(27)41-18-19-42(30(44)9-2)26(22-41)14-16-35/h9,12,25-26,31H,2,8,10-11,13-15,17-24H2,1,3-7H3/b29-12+/t25-,26?,31?,34?/m1/s1. The highest BCUT2D eigenvalue weighted by Crippen LogP contribution is 2.44. The van der Waals surface area contributed by atoms with Crippen LogP contribution >= 0.6 is 0 Å². The summed E-state index contributed by atoms with van der Waals surface area (Å²) in [6.45, 7) is 15.9. The molecule has 1 aromatic heterocycles. The Hall–Kier alpha value is -3.24. The number of aromatic nitrogens is 2. The van der Waals surface area contributed by atoms with Crippen LogP contribution in [-0.2, 0) is 22.5 Å². The predicted molar refractivity (Wildman–Crippen MR) is 178 cm³/mol. The molecule has 0 aliphatic carbocycles. The first-order valence-corrected chi connectivity index (χ1v) is 16.9. The number of carbonyl (C=O) groups is 1. The van der Waals surface area contributed by atoms with Gasteiger partial charge in [0, 0.05) is 65.0 Å². The average Bonchev–Trinajstić information content (AvgIpc) is 3.04. The highest BCUT2D eigenvalue weighted by Gasteiger charge is 2.53. The summed E-state index contributed by atoms with van der Waals surface area (Å²) in [4.78, 5) is 31.1. The van der Waals surface area contributed by atoms with Gasteiger partial charge in [0.1, 0.15) is 18.1 Å². The summed E-state index contributed by atoms with van der Waals surface area (Å²) in [5, 5.41) is 14.3. The van der Waals surface area contributed by atoms with Crippen LogP contribution in [0, 0.1) is 11.3 Å². The van der Waals surface area contributed by atoms with E-state index in [1.165, 1.54) is 18.2 Å². The van der Waals surface area contributed by atoms with Crippen molar-refractivity contribution in [3.8, 4) is 12.1 Å². The van der Waals surface area contributed by atoms with Crippen molar-refractivity contribution >= 4 is 11.7 Å². The van der Waals surface area contributed by atoms with E-state index < -0.39 is 0 Å². The molecule has 46 heavy (non-hydrogen) atoms. The second-order valence-corrected chi connectivity index (χ2v) is 13.6. The van der Waals surface area contributed by atoms with E-state index in [9.17, 15) is 10.1 Å². The quantitative estimate of drug-likeness (QED) is 0.335. The molecule has 0 bridgehead atoms. The van der Waals surface area contributed by atoms with Gasteiger partial charge in [0.2, 0.25) is 5.91 Å². The number of allylic oxidation sites excluding steroid dienone is 1. The van der Waals surface area contributed by atoms with E-state index in [0.29, 0.717) is 32.2 Å². The van der Waals surface area contributed by atoms with E-state index in [0.717, 1.165) is 69.0 Å². The smallest absolute Gasteiger partial charge is 0.318 e. The number of carbonyl (C=O) groups excluding carboxylic acids is 1. The largest absolute Gasteiger partial charge is 0.459 e. The predicted octanol–water partition coefficient (Wildman–Crippen LogP) is 3.02. The molecule has 1 amide bonds. The van der Waals surface area contributed by atoms with E-state index in [4.69, 9.17) is 19.4 Å². The minimum atomic E-state index is -0.235. The van der Waals surface area contributed by atoms with Gasteiger partial charge in [-0.25, -0.2) is 5.01 Å². The topological polar surface area (TPSA) is 105 Å². The van der Waals surface area contributed by atoms with Crippen molar-refractivity contribution in [3.05, 3.63) is 35.7 Å². The van der Waals surface area contributed by atoms with Gasteiger partial charge >= 0.3 is 6.01 Å². The number of nitriles is 1. The summed E-state index contributed by atoms with van der Waals surface area (Å²) >= 11 is 0. The van der Waals surface area contributed by atoms with E-state index in [1.54, 1.807) is 4.90 Å². The number of fused-ring (bicyclic) bond motifs is 1. The maximum Gasteiger partial charge on any atom is 0.318 e. The molecule has 4 aliphatic heterocycles. The number of amides is 1. The first-order chi connectivity index (χ1) is 22.1. The van der Waals surface area contributed by atoms with Gasteiger partial charge in [-0.05, 0) is 66.1 Å². The molecule has 5 heterocycles. The molecular weight excluding hydrogens is 582 g/mol. The molecule has 0 saturated carbocycles. The molecule has 0 aromatic carbocycles. The number of piperazine rings is 1. The lowest BCUT2D eigenvalue weighted by atomic mass is 9.87. The zero-order valence-corrected chi connectivity index (χ0v) is 28.7. The van der Waals surface area contributed by atoms with E-state index >= 15 is 0 Å². The third-order valence-electron chi connectivity index (χ3n) is 9.79. The van der Waals surface area contributed by atoms with Crippen molar-refractivity contribution in [2.75, 3.05) is 71.9 Å². The number of hydrogen-bond acceptors (Lipinski definition) is 11. The fourth-order valence-corrected chi connectivity index (χ4v) is 7.52. The Balaban J connectivity index is 1.40. The summed E-state index contributed by atoms with van der Waals surface area (Å²) in [6, 6.07) is 2.42. The van der Waals surface area contributed by atoms with Crippen molar-refractivity contribution in [1.82, 2.24) is 34.7 Å². The van der Waals surface area contributed by atoms with Crippen LogP contribution in [0.15, 0.2) is 24.4 Å². The van der Waals surface area contributed by atoms with Crippen LogP contribution in [0.4, 0.5) is 5.82 Å². The monoisotopic (exact) mass is 635 g/mol. The molecule has 5 rings (SSSR count). The average molecular weight is 636 g/mol. The minimum Gasteiger partial charge on any atom is -0.459 e. The van der Waals surface area contributed by atoms with Crippen molar-refractivity contribution in [2.45, 2.75) is 89.8 Å². The number of likely N-dealkylation sites (N-methyl/N-ethyl adjacent to an activating group) is 2. The second kappa shape index (κ2) is 14.7. The van der Waals surface area contributed by atoms with Gasteiger partial charge in [-0.3, -0.25) is 14.7 Å². The van der Waals surface area contributed by atoms with Gasteiger partial charge < -0.3 is 24.2 Å². The molecule has 4 aliphatic rings. The third-order valence-corrected chi connectivity index (χ3v) is 9.79. The Bertz CT molecular complexity index is 1320. The second-order valence-electron chi connectivity index (χ2n) is 13.6. The van der Waals surface area contributed by atoms with Gasteiger partial charge in [-0.15, -0.1) is 0 Å². The van der Waals surface area contributed by atoms with Crippen molar-refractivity contribution in [2.24, 2.45) is 0 Å². The summed E-state index contributed by atoms with van der Waals surface area (Å²) < 4.78 is 12.5. The molecule has 1 aromatic rings. The molecule has 3 saturated heterocycles. The number of ether oxygens (including phenoxy) is 2. The molecule has 252 valence electrons. The van der Waals surface area contributed by atoms with Crippen molar-refractivity contribution in [1.29, 1.82) is 5.26 Å². The maximum atomic E-state index is 12.6. The van der Waals surface area contributed by atoms with Gasteiger partial charge in [0.15, 0.2) is 0 Å². The van der Waals surface area contributed by atoms with E-state index in [2.05, 4.69) is 64.3 Å². The summed E-state index contributed by atoms with van der Waals surface area (Å²) in [6.07, 6.45) is 9.15. The molecule has 0 spiro atoms. The summed E-state index contributed by atoms with van der Waals surface area (Å²) in [5.41, 5.74) is 3.33. The maximum absolute atomic E-state index is 12.6. The first-order valence-electron chi connectivity index (χ1n) is 16.9. The summed E-state index contributed by atoms with van der Waals surface area (Å²) in [5.74, 6) is 0.728. The fraction of sp³-hybridized carbons (Fsp3) is 0.706. The zero-order chi connectivity index (χ0) is 33.0. The Labute approximate surface area is 275 Å². The van der Waals surface area contributed by atoms with Crippen LogP contribution in [0.2, 0.25) is 0 Å². The number of nitrogens with zero attached hydrogens (tertiary/aromatic N) is 9. The molecule has 3 unspecified atom stereocenters. The van der Waals surface area contributed by atoms with Gasteiger partial charge in [0.25, 0.3) is 0 Å². The Morgan fingerprint density at radius 1 is 1.28 bits per heavy atom. The normalized spacial score (nSPS) is 27.3. The fourth-order valence-electron chi connectivity index (χ4n) is 7.52. The van der Waals surface area contributed by atoms with Crippen LogP contribution in [0.25, 0.3) is 0 Å². The SMILES string of the molecule is C=CC(=O)N1CCN(c2nc(O[C@H](C)CN(C)C)nc3c2CCN(CC2(C)/C(=C\CC)N(C4CCCCO4)N2C)C3)CC1CC#N. The molecule has 3 fully saturated rings. The molecule has 4 atom stereocenters. The lowest BCUT2D eigenvalue weighted by Gasteiger charge is -2.63. The zero-order valence-electron chi connectivity index (χ0n) is 28.7. The van der Waals surface area contributed by atoms with Crippen molar-refractivity contribution in [3.63, 3.8) is 0 Å². The van der Waals surface area contributed by atoms with Gasteiger partial charge in [-0.1, -0.05) is 19.6 Å².